The van der Waals surface area contributed by atoms with E-state index in [0.717, 1.165) is 15.9 Å². The van der Waals surface area contributed by atoms with E-state index in [1.165, 1.54) is 11.8 Å². The number of nitrogen functional groups attached to an aromatic ring is 1. The molecule has 0 radical (unpaired) electrons. The lowest BCUT2D eigenvalue weighted by atomic mass is 10.3. The van der Waals surface area contributed by atoms with Gasteiger partial charge in [0.15, 0.2) is 5.16 Å². The molecule has 4 nitrogen and oxygen atoms in total. The van der Waals surface area contributed by atoms with Gasteiger partial charge in [-0.2, -0.15) is 0 Å². The second kappa shape index (κ2) is 4.35. The minimum Gasteiger partial charge on any atom is -0.398 e. The molecule has 0 aliphatic heterocycles. The first-order chi connectivity index (χ1) is 7.58. The molecule has 0 bridgehead atoms. The highest BCUT2D eigenvalue weighted by atomic mass is 35.5. The van der Waals surface area contributed by atoms with Gasteiger partial charge < -0.3 is 10.3 Å². The predicted octanol–water partition coefficient (Wildman–Crippen LogP) is 2.51. The zero-order valence-corrected chi connectivity index (χ0v) is 10.5. The van der Waals surface area contributed by atoms with Gasteiger partial charge in [0.05, 0.1) is 0 Å². The summed E-state index contributed by atoms with van der Waals surface area (Å²) in [5, 5.41) is 9.50. The Labute approximate surface area is 103 Å². The molecule has 2 aromatic rings. The fourth-order valence-corrected chi connectivity index (χ4v) is 2.33. The van der Waals surface area contributed by atoms with Crippen molar-refractivity contribution < 1.29 is 0 Å². The maximum Gasteiger partial charge on any atom is 0.195 e. The molecular weight excluding hydrogens is 244 g/mol. The van der Waals surface area contributed by atoms with Crippen LogP contribution in [0.4, 0.5) is 5.69 Å². The van der Waals surface area contributed by atoms with Gasteiger partial charge in [-0.05, 0) is 36.9 Å². The van der Waals surface area contributed by atoms with Crippen LogP contribution in [0.5, 0.6) is 0 Å². The van der Waals surface area contributed by atoms with Crippen molar-refractivity contribution >= 4 is 29.1 Å². The van der Waals surface area contributed by atoms with E-state index < -0.39 is 0 Å². The van der Waals surface area contributed by atoms with Crippen molar-refractivity contribution in [3.8, 4) is 0 Å². The van der Waals surface area contributed by atoms with Gasteiger partial charge in [0, 0.05) is 22.7 Å². The zero-order chi connectivity index (χ0) is 11.7. The van der Waals surface area contributed by atoms with Gasteiger partial charge in [-0.3, -0.25) is 0 Å². The Bertz CT molecular complexity index is 524. The Balaban J connectivity index is 2.33. The molecule has 0 saturated heterocycles. The molecule has 0 spiro atoms. The number of nitrogens with zero attached hydrogens (tertiary/aromatic N) is 3. The van der Waals surface area contributed by atoms with E-state index in [4.69, 9.17) is 17.3 Å². The molecule has 0 atom stereocenters. The summed E-state index contributed by atoms with van der Waals surface area (Å²) in [7, 11) is 1.92. The Morgan fingerprint density at radius 3 is 2.75 bits per heavy atom. The first-order valence-corrected chi connectivity index (χ1v) is 5.86. The smallest absolute Gasteiger partial charge is 0.195 e. The van der Waals surface area contributed by atoms with Crippen molar-refractivity contribution in [2.75, 3.05) is 5.73 Å². The molecule has 0 amide bonds. The maximum absolute atomic E-state index is 5.92. The Kier molecular flexibility index (Phi) is 3.07. The fraction of sp³-hybridized carbons (Fsp3) is 0.200. The summed E-state index contributed by atoms with van der Waals surface area (Å²) >= 11 is 7.37. The Morgan fingerprint density at radius 1 is 1.38 bits per heavy atom. The van der Waals surface area contributed by atoms with Crippen LogP contribution in [0.15, 0.2) is 28.3 Å². The number of halogens is 1. The van der Waals surface area contributed by atoms with E-state index in [9.17, 15) is 0 Å². The quantitative estimate of drug-likeness (QED) is 0.837. The number of hydrogen-bond donors (Lipinski definition) is 1. The van der Waals surface area contributed by atoms with Gasteiger partial charge in [-0.1, -0.05) is 11.6 Å². The van der Waals surface area contributed by atoms with Gasteiger partial charge in [-0.25, -0.2) is 0 Å². The minimum absolute atomic E-state index is 0.663. The molecule has 1 aromatic heterocycles. The normalized spacial score (nSPS) is 10.7. The van der Waals surface area contributed by atoms with Crippen molar-refractivity contribution in [1.82, 2.24) is 14.8 Å². The molecule has 2 rings (SSSR count). The number of aromatic nitrogens is 3. The highest BCUT2D eigenvalue weighted by Crippen LogP contribution is 2.32. The zero-order valence-electron chi connectivity index (χ0n) is 8.94. The van der Waals surface area contributed by atoms with Gasteiger partial charge in [0.2, 0.25) is 0 Å². The van der Waals surface area contributed by atoms with E-state index in [0.29, 0.717) is 10.7 Å². The van der Waals surface area contributed by atoms with Gasteiger partial charge in [0.1, 0.15) is 5.82 Å². The van der Waals surface area contributed by atoms with Crippen LogP contribution in [-0.2, 0) is 7.05 Å². The number of aryl methyl sites for hydroxylation is 1. The second-order valence-electron chi connectivity index (χ2n) is 3.37. The van der Waals surface area contributed by atoms with Crippen molar-refractivity contribution in [3.63, 3.8) is 0 Å². The molecule has 0 saturated carbocycles. The van der Waals surface area contributed by atoms with Crippen LogP contribution in [-0.4, -0.2) is 14.8 Å². The van der Waals surface area contributed by atoms with Crippen LogP contribution in [0.25, 0.3) is 0 Å². The molecule has 0 unspecified atom stereocenters. The van der Waals surface area contributed by atoms with Gasteiger partial charge >= 0.3 is 0 Å². The Hall–Kier alpha value is -1.20. The molecule has 0 aliphatic rings. The van der Waals surface area contributed by atoms with E-state index in [1.54, 1.807) is 12.1 Å². The fourth-order valence-electron chi connectivity index (χ4n) is 1.17. The molecule has 0 aliphatic carbocycles. The summed E-state index contributed by atoms with van der Waals surface area (Å²) in [6, 6.07) is 5.38. The van der Waals surface area contributed by atoms with Crippen LogP contribution < -0.4 is 5.73 Å². The molecule has 16 heavy (non-hydrogen) atoms. The number of anilines is 1. The summed E-state index contributed by atoms with van der Waals surface area (Å²) in [6.07, 6.45) is 0. The first kappa shape index (κ1) is 11.3. The highest BCUT2D eigenvalue weighted by Gasteiger charge is 2.09. The van der Waals surface area contributed by atoms with Crippen LogP contribution >= 0.6 is 23.4 Å². The van der Waals surface area contributed by atoms with Crippen molar-refractivity contribution in [1.29, 1.82) is 0 Å². The van der Waals surface area contributed by atoms with E-state index >= 15 is 0 Å². The Morgan fingerprint density at radius 2 is 2.12 bits per heavy atom. The third-order valence-electron chi connectivity index (χ3n) is 2.23. The molecule has 2 N–H and O–H groups in total. The van der Waals surface area contributed by atoms with Crippen LogP contribution in [0, 0.1) is 6.92 Å². The summed E-state index contributed by atoms with van der Waals surface area (Å²) in [4.78, 5) is 0.892. The van der Waals surface area contributed by atoms with Crippen molar-refractivity contribution in [3.05, 3.63) is 29.0 Å². The average Bonchev–Trinajstić information content (AvgIpc) is 2.55. The third-order valence-corrected chi connectivity index (χ3v) is 3.58. The van der Waals surface area contributed by atoms with E-state index in [-0.39, 0.29) is 0 Å². The van der Waals surface area contributed by atoms with Crippen molar-refractivity contribution in [2.24, 2.45) is 7.05 Å². The predicted molar refractivity (Wildman–Crippen MR) is 65.7 cm³/mol. The second-order valence-corrected chi connectivity index (χ2v) is 4.82. The summed E-state index contributed by atoms with van der Waals surface area (Å²) in [6.45, 7) is 1.90. The number of hydrogen-bond acceptors (Lipinski definition) is 4. The van der Waals surface area contributed by atoms with E-state index in [1.807, 2.05) is 24.6 Å². The molecular formula is C10H11ClN4S. The van der Waals surface area contributed by atoms with Gasteiger partial charge in [0.25, 0.3) is 0 Å². The lowest BCUT2D eigenvalue weighted by molar-refractivity contribution is 0.766. The molecule has 84 valence electrons. The third kappa shape index (κ3) is 2.15. The summed E-state index contributed by atoms with van der Waals surface area (Å²) in [5.74, 6) is 0.864. The average molecular weight is 255 g/mol. The van der Waals surface area contributed by atoms with Crippen molar-refractivity contribution in [2.45, 2.75) is 17.0 Å². The topological polar surface area (TPSA) is 56.7 Å². The van der Waals surface area contributed by atoms with Gasteiger partial charge in [-0.15, -0.1) is 10.2 Å². The number of rotatable bonds is 2. The minimum atomic E-state index is 0.663. The first-order valence-electron chi connectivity index (χ1n) is 4.67. The standard InChI is InChI=1S/C10H11ClN4S/c1-6-13-14-10(15(6)2)16-9-5-7(11)3-4-8(9)12/h3-5H,12H2,1-2H3. The SMILES string of the molecule is Cc1nnc(Sc2cc(Cl)ccc2N)n1C. The molecule has 0 fully saturated rings. The summed E-state index contributed by atoms with van der Waals surface area (Å²) in [5.41, 5.74) is 6.55. The molecule has 6 heteroatoms. The number of benzene rings is 1. The maximum atomic E-state index is 5.92. The van der Waals surface area contributed by atoms with Crippen LogP contribution in [0.2, 0.25) is 5.02 Å². The number of nitrogens with two attached hydrogens (primary N) is 1. The lowest BCUT2D eigenvalue weighted by Gasteiger charge is -2.05. The van der Waals surface area contributed by atoms with E-state index in [2.05, 4.69) is 10.2 Å². The highest BCUT2D eigenvalue weighted by molar-refractivity contribution is 7.99. The lowest BCUT2D eigenvalue weighted by Crippen LogP contribution is -1.94. The molecule has 1 heterocycles. The summed E-state index contributed by atoms with van der Waals surface area (Å²) < 4.78 is 1.91. The molecule has 1 aromatic carbocycles. The van der Waals surface area contributed by atoms with Crippen LogP contribution in [0.3, 0.4) is 0 Å². The largest absolute Gasteiger partial charge is 0.398 e. The monoisotopic (exact) mass is 254 g/mol. The van der Waals surface area contributed by atoms with Crippen LogP contribution in [0.1, 0.15) is 5.82 Å².